The summed E-state index contributed by atoms with van der Waals surface area (Å²) in [6.07, 6.45) is 3.44. The van der Waals surface area contributed by atoms with Gasteiger partial charge in [-0.1, -0.05) is 18.3 Å². The molecule has 0 radical (unpaired) electrons. The number of sulfone groups is 1. The van der Waals surface area contributed by atoms with Crippen LogP contribution in [-0.2, 0) is 16.4 Å². The van der Waals surface area contributed by atoms with Gasteiger partial charge >= 0.3 is 0 Å². The number of thiazole rings is 1. The highest BCUT2D eigenvalue weighted by atomic mass is 32.2. The van der Waals surface area contributed by atoms with Crippen LogP contribution in [0.2, 0.25) is 0 Å². The Kier molecular flexibility index (Phi) is 5.84. The molecule has 0 fully saturated rings. The van der Waals surface area contributed by atoms with Crippen molar-refractivity contribution in [2.45, 2.75) is 18.4 Å². The number of nitrogens with zero attached hydrogens (tertiary/aromatic N) is 4. The maximum Gasteiger partial charge on any atom is 0.260 e. The fraction of sp³-hybridized carbons (Fsp3) is 0.190. The Morgan fingerprint density at radius 1 is 1.19 bits per heavy atom. The monoisotopic (exact) mass is 458 g/mol. The van der Waals surface area contributed by atoms with Crippen LogP contribution >= 0.6 is 11.3 Å². The Labute approximate surface area is 182 Å². The smallest absolute Gasteiger partial charge is 0.260 e. The molecule has 2 heterocycles. The number of rotatable bonds is 7. The summed E-state index contributed by atoms with van der Waals surface area (Å²) in [5.74, 6) is -0.713. The van der Waals surface area contributed by atoms with Crippen LogP contribution < -0.4 is 4.90 Å². The summed E-state index contributed by atoms with van der Waals surface area (Å²) >= 11 is 1.22. The lowest BCUT2D eigenvalue weighted by Crippen LogP contribution is -2.34. The van der Waals surface area contributed by atoms with E-state index < -0.39 is 9.84 Å². The molecule has 0 atom stereocenters. The number of hydrogen-bond acceptors (Lipinski definition) is 6. The Hall–Kier alpha value is -3.11. The minimum Gasteiger partial charge on any atom is -0.282 e. The minimum atomic E-state index is -3.36. The molecular formula is C21H19FN4O3S2. The van der Waals surface area contributed by atoms with Gasteiger partial charge in [0.05, 0.1) is 27.4 Å². The molecule has 0 saturated heterocycles. The number of amides is 1. The van der Waals surface area contributed by atoms with Crippen molar-refractivity contribution in [3.8, 4) is 0 Å². The van der Waals surface area contributed by atoms with Gasteiger partial charge in [0.2, 0.25) is 0 Å². The number of fused-ring (bicyclic) bond motifs is 1. The van der Waals surface area contributed by atoms with E-state index in [0.717, 1.165) is 0 Å². The van der Waals surface area contributed by atoms with Gasteiger partial charge in [0.15, 0.2) is 15.0 Å². The topological polar surface area (TPSA) is 85.2 Å². The van der Waals surface area contributed by atoms with Crippen LogP contribution in [-0.4, -0.2) is 41.4 Å². The molecule has 2 aromatic carbocycles. The van der Waals surface area contributed by atoms with Gasteiger partial charge in [-0.3, -0.25) is 14.4 Å². The molecule has 4 rings (SSSR count). The number of carbonyl (C=O) groups excluding carboxylic acids is 1. The standard InChI is InChI=1S/C21H19FN4O3S2/c1-2-31(28,29)17-7-4-15(5-8-17)20(27)26(13-12-25-11-3-10-23-25)21-24-18-9-6-16(22)14-19(18)30-21/h3-11,14H,2,12-13H2,1H3. The molecule has 4 aromatic rings. The Morgan fingerprint density at radius 3 is 2.65 bits per heavy atom. The summed E-state index contributed by atoms with van der Waals surface area (Å²) in [6.45, 7) is 2.30. The average molecular weight is 459 g/mol. The van der Waals surface area contributed by atoms with Crippen molar-refractivity contribution < 1.29 is 17.6 Å². The van der Waals surface area contributed by atoms with E-state index in [1.165, 1.54) is 52.6 Å². The third-order valence-electron chi connectivity index (χ3n) is 4.77. The summed E-state index contributed by atoms with van der Waals surface area (Å²) < 4.78 is 40.0. The number of anilines is 1. The normalized spacial score (nSPS) is 11.7. The zero-order chi connectivity index (χ0) is 22.0. The van der Waals surface area contributed by atoms with Crippen molar-refractivity contribution in [1.82, 2.24) is 14.8 Å². The molecule has 0 N–H and O–H groups in total. The van der Waals surface area contributed by atoms with Crippen LogP contribution in [0.3, 0.4) is 0 Å². The molecule has 31 heavy (non-hydrogen) atoms. The van der Waals surface area contributed by atoms with Crippen molar-refractivity contribution in [1.29, 1.82) is 0 Å². The second-order valence-electron chi connectivity index (χ2n) is 6.76. The molecule has 0 saturated carbocycles. The molecule has 0 aliphatic heterocycles. The second kappa shape index (κ2) is 8.56. The van der Waals surface area contributed by atoms with E-state index in [4.69, 9.17) is 0 Å². The highest BCUT2D eigenvalue weighted by molar-refractivity contribution is 7.91. The van der Waals surface area contributed by atoms with Gasteiger partial charge in [0.1, 0.15) is 5.82 Å². The summed E-state index contributed by atoms with van der Waals surface area (Å²) in [5.41, 5.74) is 0.934. The number of benzene rings is 2. The van der Waals surface area contributed by atoms with E-state index in [0.29, 0.717) is 27.5 Å². The fourth-order valence-electron chi connectivity index (χ4n) is 3.05. The largest absolute Gasteiger partial charge is 0.282 e. The number of aromatic nitrogens is 3. The van der Waals surface area contributed by atoms with E-state index in [1.54, 1.807) is 36.1 Å². The van der Waals surface area contributed by atoms with E-state index in [2.05, 4.69) is 10.1 Å². The molecule has 7 nitrogen and oxygen atoms in total. The quantitative estimate of drug-likeness (QED) is 0.421. The highest BCUT2D eigenvalue weighted by Crippen LogP contribution is 2.30. The highest BCUT2D eigenvalue weighted by Gasteiger charge is 2.22. The third kappa shape index (κ3) is 4.49. The molecule has 0 aliphatic carbocycles. The molecular weight excluding hydrogens is 439 g/mol. The lowest BCUT2D eigenvalue weighted by molar-refractivity contribution is 0.0985. The predicted octanol–water partition coefficient (Wildman–Crippen LogP) is 3.77. The molecule has 10 heteroatoms. The first-order valence-corrected chi connectivity index (χ1v) is 12.0. The lowest BCUT2D eigenvalue weighted by Gasteiger charge is -2.20. The van der Waals surface area contributed by atoms with Crippen molar-refractivity contribution in [3.63, 3.8) is 0 Å². The van der Waals surface area contributed by atoms with Crippen molar-refractivity contribution >= 4 is 42.4 Å². The maximum atomic E-state index is 13.6. The van der Waals surface area contributed by atoms with Crippen LogP contribution in [0, 0.1) is 5.82 Å². The van der Waals surface area contributed by atoms with Crippen LogP contribution in [0.25, 0.3) is 10.2 Å². The lowest BCUT2D eigenvalue weighted by atomic mass is 10.2. The second-order valence-corrected chi connectivity index (χ2v) is 10.0. The van der Waals surface area contributed by atoms with Crippen molar-refractivity contribution in [2.75, 3.05) is 17.2 Å². The van der Waals surface area contributed by atoms with Crippen LogP contribution in [0.5, 0.6) is 0 Å². The first-order chi connectivity index (χ1) is 14.9. The van der Waals surface area contributed by atoms with Gasteiger partial charge in [-0.25, -0.2) is 17.8 Å². The Bertz CT molecular complexity index is 1320. The van der Waals surface area contributed by atoms with E-state index in [-0.39, 0.29) is 28.9 Å². The summed E-state index contributed by atoms with van der Waals surface area (Å²) in [6, 6.07) is 11.9. The molecule has 0 unspecified atom stereocenters. The van der Waals surface area contributed by atoms with Gasteiger partial charge in [-0.2, -0.15) is 5.10 Å². The van der Waals surface area contributed by atoms with E-state index in [9.17, 15) is 17.6 Å². The summed E-state index contributed by atoms with van der Waals surface area (Å²) in [5, 5.41) is 4.60. The predicted molar refractivity (Wildman–Crippen MR) is 118 cm³/mol. The first-order valence-electron chi connectivity index (χ1n) is 9.55. The van der Waals surface area contributed by atoms with Crippen LogP contribution in [0.15, 0.2) is 65.8 Å². The zero-order valence-electron chi connectivity index (χ0n) is 16.6. The fourth-order valence-corrected chi connectivity index (χ4v) is 4.95. The number of halogens is 1. The SMILES string of the molecule is CCS(=O)(=O)c1ccc(C(=O)N(CCn2cccn2)c2nc3ccc(F)cc3s2)cc1. The van der Waals surface area contributed by atoms with Crippen LogP contribution in [0.4, 0.5) is 9.52 Å². The Morgan fingerprint density at radius 2 is 1.97 bits per heavy atom. The van der Waals surface area contributed by atoms with Crippen molar-refractivity contribution in [2.24, 2.45) is 0 Å². The third-order valence-corrected chi connectivity index (χ3v) is 7.56. The summed E-state index contributed by atoms with van der Waals surface area (Å²) in [7, 11) is -3.36. The van der Waals surface area contributed by atoms with E-state index in [1.807, 2.05) is 0 Å². The Balaban J connectivity index is 1.68. The molecule has 1 amide bonds. The van der Waals surface area contributed by atoms with Gasteiger partial charge in [-0.05, 0) is 48.5 Å². The molecule has 0 bridgehead atoms. The summed E-state index contributed by atoms with van der Waals surface area (Å²) in [4.78, 5) is 19.5. The average Bonchev–Trinajstić information content (AvgIpc) is 3.43. The number of hydrogen-bond donors (Lipinski definition) is 0. The van der Waals surface area contributed by atoms with Crippen LogP contribution in [0.1, 0.15) is 17.3 Å². The molecule has 160 valence electrons. The van der Waals surface area contributed by atoms with Gasteiger partial charge in [0.25, 0.3) is 5.91 Å². The van der Waals surface area contributed by atoms with E-state index >= 15 is 0 Å². The van der Waals surface area contributed by atoms with Gasteiger partial charge in [-0.15, -0.1) is 0 Å². The number of carbonyl (C=O) groups is 1. The molecule has 2 aromatic heterocycles. The minimum absolute atomic E-state index is 0.0153. The van der Waals surface area contributed by atoms with Gasteiger partial charge < -0.3 is 0 Å². The van der Waals surface area contributed by atoms with Gasteiger partial charge in [0, 0.05) is 24.5 Å². The molecule has 0 aliphatic rings. The maximum absolute atomic E-state index is 13.6. The zero-order valence-corrected chi connectivity index (χ0v) is 18.2. The van der Waals surface area contributed by atoms with Crippen molar-refractivity contribution in [3.05, 3.63) is 72.3 Å². The molecule has 0 spiro atoms. The first kappa shape index (κ1) is 21.1.